The molecule has 1 aliphatic carbocycles. The maximum Gasteiger partial charge on any atom is 0.323 e. The third kappa shape index (κ3) is 3.15. The largest absolute Gasteiger partial charge is 0.480 e. The summed E-state index contributed by atoms with van der Waals surface area (Å²) in [5.41, 5.74) is 0.148. The Morgan fingerprint density at radius 3 is 2.71 bits per heavy atom. The van der Waals surface area contributed by atoms with Crippen molar-refractivity contribution in [2.45, 2.75) is 31.0 Å². The highest BCUT2D eigenvalue weighted by molar-refractivity contribution is 5.66. The SMILES string of the molecule is O=C(O)Cn1ccnc(NCC2(c3ccccc3)CC(F)C2)c1=O. The summed E-state index contributed by atoms with van der Waals surface area (Å²) in [5.74, 6) is -1.02. The zero-order valence-corrected chi connectivity index (χ0v) is 13.0. The maximum atomic E-state index is 13.5. The van der Waals surface area contributed by atoms with Crippen molar-refractivity contribution in [2.24, 2.45) is 0 Å². The lowest BCUT2D eigenvalue weighted by molar-refractivity contribution is -0.137. The zero-order valence-electron chi connectivity index (χ0n) is 13.0. The summed E-state index contributed by atoms with van der Waals surface area (Å²) in [7, 11) is 0. The molecule has 2 N–H and O–H groups in total. The summed E-state index contributed by atoms with van der Waals surface area (Å²) in [6, 6.07) is 9.62. The third-order valence-electron chi connectivity index (χ3n) is 4.42. The van der Waals surface area contributed by atoms with Gasteiger partial charge in [-0.1, -0.05) is 30.3 Å². The smallest absolute Gasteiger partial charge is 0.323 e. The molecule has 7 heteroatoms. The minimum atomic E-state index is -1.10. The van der Waals surface area contributed by atoms with Crippen LogP contribution in [-0.4, -0.2) is 33.3 Å². The Hall–Kier alpha value is -2.70. The van der Waals surface area contributed by atoms with Crippen molar-refractivity contribution in [2.75, 3.05) is 11.9 Å². The highest BCUT2D eigenvalue weighted by atomic mass is 19.1. The van der Waals surface area contributed by atoms with Crippen molar-refractivity contribution in [3.8, 4) is 0 Å². The van der Waals surface area contributed by atoms with Crippen LogP contribution in [0.3, 0.4) is 0 Å². The number of rotatable bonds is 6. The molecule has 1 aliphatic rings. The molecule has 1 aromatic heterocycles. The molecule has 0 atom stereocenters. The third-order valence-corrected chi connectivity index (χ3v) is 4.42. The number of carbonyl (C=O) groups is 1. The van der Waals surface area contributed by atoms with Crippen LogP contribution in [0, 0.1) is 0 Å². The van der Waals surface area contributed by atoms with E-state index in [4.69, 9.17) is 5.11 Å². The van der Waals surface area contributed by atoms with Gasteiger partial charge in [0.2, 0.25) is 0 Å². The second-order valence-electron chi connectivity index (χ2n) is 6.11. The van der Waals surface area contributed by atoms with Crippen LogP contribution in [0.15, 0.2) is 47.5 Å². The van der Waals surface area contributed by atoms with Gasteiger partial charge < -0.3 is 10.4 Å². The first-order valence-corrected chi connectivity index (χ1v) is 7.71. The summed E-state index contributed by atoms with van der Waals surface area (Å²) in [5, 5.41) is 11.8. The van der Waals surface area contributed by atoms with Gasteiger partial charge in [-0.2, -0.15) is 0 Å². The molecule has 1 heterocycles. The number of aliphatic carboxylic acids is 1. The Morgan fingerprint density at radius 1 is 1.38 bits per heavy atom. The van der Waals surface area contributed by atoms with Crippen LogP contribution in [0.25, 0.3) is 0 Å². The number of hydrogen-bond acceptors (Lipinski definition) is 4. The second-order valence-corrected chi connectivity index (χ2v) is 6.11. The summed E-state index contributed by atoms with van der Waals surface area (Å²) in [6.07, 6.45) is 2.63. The molecule has 0 bridgehead atoms. The summed E-state index contributed by atoms with van der Waals surface area (Å²) < 4.78 is 14.6. The van der Waals surface area contributed by atoms with Crippen LogP contribution < -0.4 is 10.9 Å². The standard InChI is InChI=1S/C17H18FN3O3/c18-13-8-17(9-13,12-4-2-1-3-5-12)11-20-15-16(24)21(7-6-19-15)10-14(22)23/h1-7,13H,8-11H2,(H,19,20)(H,22,23). The number of halogens is 1. The average Bonchev–Trinajstić information content (AvgIpc) is 2.54. The first-order chi connectivity index (χ1) is 11.5. The number of nitrogens with zero attached hydrogens (tertiary/aromatic N) is 2. The number of nitrogens with one attached hydrogen (secondary N) is 1. The van der Waals surface area contributed by atoms with Crippen molar-refractivity contribution in [1.29, 1.82) is 0 Å². The molecule has 0 unspecified atom stereocenters. The van der Waals surface area contributed by atoms with E-state index in [0.29, 0.717) is 19.4 Å². The van der Waals surface area contributed by atoms with Gasteiger partial charge in [-0.15, -0.1) is 0 Å². The molecule has 0 spiro atoms. The van der Waals surface area contributed by atoms with Crippen LogP contribution in [-0.2, 0) is 16.8 Å². The molecule has 0 radical (unpaired) electrons. The molecule has 2 aromatic rings. The fourth-order valence-corrected chi connectivity index (χ4v) is 3.15. The van der Waals surface area contributed by atoms with Gasteiger partial charge in [-0.05, 0) is 18.4 Å². The lowest BCUT2D eigenvalue weighted by Crippen LogP contribution is -2.48. The van der Waals surface area contributed by atoms with E-state index in [1.54, 1.807) is 0 Å². The van der Waals surface area contributed by atoms with Crippen LogP contribution in [0.4, 0.5) is 10.2 Å². The molecule has 126 valence electrons. The fraction of sp³-hybridized carbons (Fsp3) is 0.353. The summed E-state index contributed by atoms with van der Waals surface area (Å²) >= 11 is 0. The van der Waals surface area contributed by atoms with Gasteiger partial charge in [0.25, 0.3) is 5.56 Å². The number of anilines is 1. The van der Waals surface area contributed by atoms with Gasteiger partial charge in [0.15, 0.2) is 5.82 Å². The number of aromatic nitrogens is 2. The normalized spacial score (nSPS) is 22.6. The van der Waals surface area contributed by atoms with Gasteiger partial charge in [-0.3, -0.25) is 14.2 Å². The molecule has 3 rings (SSSR count). The van der Waals surface area contributed by atoms with Gasteiger partial charge in [0.05, 0.1) is 0 Å². The average molecular weight is 331 g/mol. The Kier molecular flexibility index (Phi) is 4.33. The molecular formula is C17H18FN3O3. The van der Waals surface area contributed by atoms with Crippen LogP contribution >= 0.6 is 0 Å². The molecule has 1 fully saturated rings. The molecule has 0 amide bonds. The van der Waals surface area contributed by atoms with Crippen molar-refractivity contribution in [3.63, 3.8) is 0 Å². The quantitative estimate of drug-likeness (QED) is 0.843. The molecular weight excluding hydrogens is 313 g/mol. The zero-order chi connectivity index (χ0) is 17.2. The lowest BCUT2D eigenvalue weighted by Gasteiger charge is -2.45. The minimum absolute atomic E-state index is 0.0800. The number of benzene rings is 1. The highest BCUT2D eigenvalue weighted by Gasteiger charge is 2.45. The van der Waals surface area contributed by atoms with Crippen LogP contribution in [0.1, 0.15) is 18.4 Å². The first-order valence-electron chi connectivity index (χ1n) is 7.71. The number of carboxylic acid groups (broad SMARTS) is 1. The van der Waals surface area contributed by atoms with Crippen LogP contribution in [0.5, 0.6) is 0 Å². The molecule has 0 saturated heterocycles. The Morgan fingerprint density at radius 2 is 2.08 bits per heavy atom. The fourth-order valence-electron chi connectivity index (χ4n) is 3.15. The van der Waals surface area contributed by atoms with Crippen molar-refractivity contribution in [1.82, 2.24) is 9.55 Å². The molecule has 24 heavy (non-hydrogen) atoms. The molecule has 6 nitrogen and oxygen atoms in total. The van der Waals surface area contributed by atoms with Crippen molar-refractivity contribution >= 4 is 11.8 Å². The number of carboxylic acids is 1. The summed E-state index contributed by atoms with van der Waals surface area (Å²) in [6.45, 7) is -0.0524. The topological polar surface area (TPSA) is 84.2 Å². The minimum Gasteiger partial charge on any atom is -0.480 e. The summed E-state index contributed by atoms with van der Waals surface area (Å²) in [4.78, 5) is 27.0. The van der Waals surface area contributed by atoms with Crippen LogP contribution in [0.2, 0.25) is 0 Å². The number of hydrogen-bond donors (Lipinski definition) is 2. The first kappa shape index (κ1) is 16.2. The highest BCUT2D eigenvalue weighted by Crippen LogP contribution is 2.45. The molecule has 1 aromatic carbocycles. The van der Waals surface area contributed by atoms with Gasteiger partial charge in [0, 0.05) is 24.4 Å². The van der Waals surface area contributed by atoms with Gasteiger partial charge in [-0.25, -0.2) is 9.37 Å². The van der Waals surface area contributed by atoms with E-state index in [2.05, 4.69) is 10.3 Å². The van der Waals surface area contributed by atoms with Crippen molar-refractivity contribution < 1.29 is 14.3 Å². The van der Waals surface area contributed by atoms with Crippen molar-refractivity contribution in [3.05, 3.63) is 58.6 Å². The van der Waals surface area contributed by atoms with Gasteiger partial charge in [0.1, 0.15) is 12.7 Å². The monoisotopic (exact) mass is 331 g/mol. The maximum absolute atomic E-state index is 13.5. The van der Waals surface area contributed by atoms with E-state index in [-0.39, 0.29) is 11.2 Å². The van der Waals surface area contributed by atoms with E-state index in [9.17, 15) is 14.0 Å². The van der Waals surface area contributed by atoms with E-state index in [1.165, 1.54) is 12.4 Å². The predicted octanol–water partition coefficient (Wildman–Crippen LogP) is 1.81. The van der Waals surface area contributed by atoms with E-state index < -0.39 is 24.2 Å². The Labute approximate surface area is 138 Å². The molecule has 0 aliphatic heterocycles. The van der Waals surface area contributed by atoms with E-state index >= 15 is 0 Å². The lowest BCUT2D eigenvalue weighted by atomic mass is 9.63. The molecule has 1 saturated carbocycles. The Balaban J connectivity index is 1.79. The van der Waals surface area contributed by atoms with E-state index in [0.717, 1.165) is 10.1 Å². The predicted molar refractivity (Wildman–Crippen MR) is 86.9 cm³/mol. The van der Waals surface area contributed by atoms with Gasteiger partial charge >= 0.3 is 5.97 Å². The second kappa shape index (κ2) is 6.43. The Bertz CT molecular complexity index is 785. The number of alkyl halides is 1. The van der Waals surface area contributed by atoms with E-state index in [1.807, 2.05) is 30.3 Å².